The summed E-state index contributed by atoms with van der Waals surface area (Å²) >= 11 is 0. The van der Waals surface area contributed by atoms with Gasteiger partial charge in [0.15, 0.2) is 0 Å². The molecular weight excluding hydrogens is 406 g/mol. The molecule has 7 nitrogen and oxygen atoms in total. The summed E-state index contributed by atoms with van der Waals surface area (Å²) in [5.74, 6) is -0.141. The van der Waals surface area contributed by atoms with Gasteiger partial charge in [0.2, 0.25) is 5.95 Å². The van der Waals surface area contributed by atoms with Gasteiger partial charge in [-0.3, -0.25) is 0 Å². The maximum Gasteiger partial charge on any atom is 0.387 e. The summed E-state index contributed by atoms with van der Waals surface area (Å²) in [6.45, 7) is 1.19. The fourth-order valence-electron chi connectivity index (χ4n) is 3.68. The molecule has 2 aromatic rings. The Morgan fingerprint density at radius 3 is 2.71 bits per heavy atom. The topological polar surface area (TPSA) is 78.3 Å². The van der Waals surface area contributed by atoms with Crippen LogP contribution in [0.15, 0.2) is 41.9 Å². The number of alkyl halides is 2. The number of carbonyl (C=O) groups excluding carboxylic acids is 1. The van der Waals surface area contributed by atoms with Crippen LogP contribution < -0.4 is 10.1 Å². The van der Waals surface area contributed by atoms with Crippen molar-refractivity contribution in [2.24, 2.45) is 0 Å². The first-order chi connectivity index (χ1) is 15.0. The van der Waals surface area contributed by atoms with Gasteiger partial charge in [-0.1, -0.05) is 57.2 Å². The lowest BCUT2D eigenvalue weighted by atomic mass is 9.95. The molecule has 31 heavy (non-hydrogen) atoms. The summed E-state index contributed by atoms with van der Waals surface area (Å²) in [6.07, 6.45) is 7.78. The van der Waals surface area contributed by atoms with Crippen molar-refractivity contribution in [3.05, 3.63) is 47.4 Å². The first-order valence-corrected chi connectivity index (χ1v) is 10.6. The minimum atomic E-state index is -2.99. The van der Waals surface area contributed by atoms with E-state index in [-0.39, 0.29) is 11.3 Å². The highest BCUT2D eigenvalue weighted by Gasteiger charge is 2.36. The average Bonchev–Trinajstić information content (AvgIpc) is 3.20. The second kappa shape index (κ2) is 10.9. The number of unbranched alkanes of at least 4 members (excludes halogenated alkanes) is 5. The third kappa shape index (κ3) is 5.59. The molecule has 0 spiro atoms. The molecule has 1 N–H and O–H groups in total. The highest BCUT2D eigenvalue weighted by molar-refractivity contribution is 5.92. The predicted octanol–water partition coefficient (Wildman–Crippen LogP) is 5.07. The lowest BCUT2D eigenvalue weighted by Gasteiger charge is -2.29. The smallest absolute Gasteiger partial charge is 0.387 e. The van der Waals surface area contributed by atoms with E-state index in [1.165, 1.54) is 36.3 Å². The number of anilines is 1. The van der Waals surface area contributed by atoms with Crippen molar-refractivity contribution in [1.29, 1.82) is 0 Å². The van der Waals surface area contributed by atoms with E-state index in [1.807, 2.05) is 0 Å². The predicted molar refractivity (Wildman–Crippen MR) is 112 cm³/mol. The first kappa shape index (κ1) is 22.7. The highest BCUT2D eigenvalue weighted by Crippen LogP contribution is 2.39. The number of rotatable bonds is 11. The molecule has 1 aliphatic rings. The van der Waals surface area contributed by atoms with E-state index in [0.717, 1.165) is 19.3 Å². The molecule has 0 saturated heterocycles. The molecule has 9 heteroatoms. The van der Waals surface area contributed by atoms with Crippen LogP contribution in [0, 0.1) is 0 Å². The maximum atomic E-state index is 13.0. The van der Waals surface area contributed by atoms with Crippen LogP contribution in [0.2, 0.25) is 0 Å². The molecule has 1 aromatic carbocycles. The number of fused-ring (bicyclic) bond motifs is 1. The van der Waals surface area contributed by atoms with E-state index < -0.39 is 18.6 Å². The number of carbonyl (C=O) groups is 1. The summed E-state index contributed by atoms with van der Waals surface area (Å²) < 4.78 is 37.7. The number of para-hydroxylation sites is 1. The zero-order chi connectivity index (χ0) is 22.2. The number of hydrogen-bond donors (Lipinski definition) is 1. The number of ether oxygens (including phenoxy) is 2. The second-order valence-corrected chi connectivity index (χ2v) is 7.41. The second-order valence-electron chi connectivity index (χ2n) is 7.41. The number of halogens is 2. The Morgan fingerprint density at radius 1 is 1.19 bits per heavy atom. The number of nitrogens with one attached hydrogen (secondary N) is 1. The zero-order valence-corrected chi connectivity index (χ0v) is 17.8. The van der Waals surface area contributed by atoms with E-state index in [4.69, 9.17) is 9.47 Å². The Balaban J connectivity index is 1.81. The zero-order valence-electron chi connectivity index (χ0n) is 17.8. The van der Waals surface area contributed by atoms with Crippen LogP contribution in [0.5, 0.6) is 5.75 Å². The molecule has 3 rings (SSSR count). The van der Waals surface area contributed by atoms with Crippen LogP contribution in [0.25, 0.3) is 0 Å². The van der Waals surface area contributed by atoms with Gasteiger partial charge < -0.3 is 14.8 Å². The van der Waals surface area contributed by atoms with E-state index in [2.05, 4.69) is 22.3 Å². The number of allylic oxidation sites excluding steroid dienone is 1. The lowest BCUT2D eigenvalue weighted by Crippen LogP contribution is -2.30. The van der Waals surface area contributed by atoms with Crippen molar-refractivity contribution in [2.45, 2.75) is 65.0 Å². The van der Waals surface area contributed by atoms with Gasteiger partial charge >= 0.3 is 12.6 Å². The van der Waals surface area contributed by atoms with Gasteiger partial charge in [-0.15, -0.1) is 0 Å². The number of benzene rings is 1. The van der Waals surface area contributed by atoms with Crippen molar-refractivity contribution in [1.82, 2.24) is 14.8 Å². The van der Waals surface area contributed by atoms with Crippen LogP contribution in [0.4, 0.5) is 14.7 Å². The van der Waals surface area contributed by atoms with Gasteiger partial charge in [0, 0.05) is 11.3 Å². The molecule has 168 valence electrons. The van der Waals surface area contributed by atoms with Crippen molar-refractivity contribution in [2.75, 3.05) is 11.9 Å². The fourth-order valence-corrected chi connectivity index (χ4v) is 3.68. The van der Waals surface area contributed by atoms with Gasteiger partial charge in [-0.2, -0.15) is 18.9 Å². The van der Waals surface area contributed by atoms with Crippen LogP contribution in [-0.2, 0) is 9.53 Å². The van der Waals surface area contributed by atoms with Gasteiger partial charge in [-0.25, -0.2) is 9.48 Å². The Bertz CT molecular complexity index is 914. The fraction of sp³-hybridized carbons (Fsp3) is 0.500. The number of nitrogens with zero attached hydrogens (tertiary/aromatic N) is 3. The van der Waals surface area contributed by atoms with Crippen molar-refractivity contribution < 1.29 is 23.0 Å². The summed E-state index contributed by atoms with van der Waals surface area (Å²) in [5, 5.41) is 7.23. The molecule has 0 aliphatic carbocycles. The third-order valence-corrected chi connectivity index (χ3v) is 5.17. The molecule has 0 fully saturated rings. The Labute approximate surface area is 180 Å². The number of hydrogen-bond acceptors (Lipinski definition) is 6. The Kier molecular flexibility index (Phi) is 7.97. The molecule has 1 unspecified atom stereocenters. The molecule has 0 bridgehead atoms. The van der Waals surface area contributed by atoms with Crippen molar-refractivity contribution in [3.63, 3.8) is 0 Å². The Hall–Kier alpha value is -2.97. The lowest BCUT2D eigenvalue weighted by molar-refractivity contribution is -0.139. The quantitative estimate of drug-likeness (QED) is 0.393. The summed E-state index contributed by atoms with van der Waals surface area (Å²) in [6, 6.07) is 5.56. The summed E-state index contributed by atoms with van der Waals surface area (Å²) in [7, 11) is 0. The molecule has 2 heterocycles. The third-order valence-electron chi connectivity index (χ3n) is 5.17. The monoisotopic (exact) mass is 434 g/mol. The van der Waals surface area contributed by atoms with Crippen molar-refractivity contribution in [3.8, 4) is 5.75 Å². The molecule has 0 radical (unpaired) electrons. The Morgan fingerprint density at radius 2 is 1.94 bits per heavy atom. The van der Waals surface area contributed by atoms with Gasteiger partial charge in [0.1, 0.15) is 18.1 Å². The van der Waals surface area contributed by atoms with Gasteiger partial charge in [0.05, 0.1) is 12.2 Å². The molecule has 0 amide bonds. The van der Waals surface area contributed by atoms with Crippen LogP contribution in [-0.4, -0.2) is 34.0 Å². The van der Waals surface area contributed by atoms with Crippen molar-refractivity contribution >= 4 is 11.9 Å². The van der Waals surface area contributed by atoms with E-state index >= 15 is 0 Å². The molecule has 1 aliphatic heterocycles. The highest BCUT2D eigenvalue weighted by atomic mass is 19.3. The maximum absolute atomic E-state index is 13.0. The van der Waals surface area contributed by atoms with E-state index in [0.29, 0.717) is 23.8 Å². The largest absolute Gasteiger partial charge is 0.462 e. The minimum absolute atomic E-state index is 0.0279. The van der Waals surface area contributed by atoms with Crippen LogP contribution >= 0.6 is 0 Å². The van der Waals surface area contributed by atoms with E-state index in [1.54, 1.807) is 25.1 Å². The summed E-state index contributed by atoms with van der Waals surface area (Å²) in [4.78, 5) is 17.2. The number of esters is 1. The van der Waals surface area contributed by atoms with Gasteiger partial charge in [0.25, 0.3) is 0 Å². The van der Waals surface area contributed by atoms with Crippen LogP contribution in [0.3, 0.4) is 0 Å². The first-order valence-electron chi connectivity index (χ1n) is 10.6. The molecule has 1 aromatic heterocycles. The minimum Gasteiger partial charge on any atom is -0.462 e. The molecule has 0 saturated carbocycles. The number of aromatic nitrogens is 3. The standard InChI is InChI=1S/C22H28F2N4O3/c1-3-4-5-6-7-10-13-30-20(29)18-15(2)27-22-25-14-26-28(22)19(18)16-11-8-9-12-17(16)31-21(23)24/h8-9,11-12,14,19,21H,3-7,10,13H2,1-2H3,(H,25,26,27). The normalized spacial score (nSPS) is 15.6. The average molecular weight is 434 g/mol. The molecule has 1 atom stereocenters. The van der Waals surface area contributed by atoms with Crippen LogP contribution in [0.1, 0.15) is 64.0 Å². The SMILES string of the molecule is CCCCCCCCOC(=O)C1=C(C)Nc2ncnn2C1c1ccccc1OC(F)F. The molecular formula is C22H28F2N4O3. The summed E-state index contributed by atoms with van der Waals surface area (Å²) in [5.41, 5.74) is 1.20. The van der Waals surface area contributed by atoms with Gasteiger partial charge in [-0.05, 0) is 19.4 Å². The van der Waals surface area contributed by atoms with E-state index in [9.17, 15) is 13.6 Å².